The Morgan fingerprint density at radius 1 is 1.33 bits per heavy atom. The SMILES string of the molecule is C[C@@H](Oc1cc2c(cc1Cl)N(CCC(=O)O)C(=O)CO2)c1ccccn1.NCCNCCN. The molecule has 0 saturated carbocycles. The topological polar surface area (TPSA) is 153 Å². The summed E-state index contributed by atoms with van der Waals surface area (Å²) < 4.78 is 11.3. The molecule has 2 heterocycles. The second-order valence-electron chi connectivity index (χ2n) is 7.07. The fraction of sp³-hybridized carbons (Fsp3) is 0.409. The monoisotopic (exact) mass is 479 g/mol. The van der Waals surface area contributed by atoms with E-state index in [2.05, 4.69) is 10.3 Å². The van der Waals surface area contributed by atoms with Crippen LogP contribution in [0.1, 0.15) is 25.1 Å². The van der Waals surface area contributed by atoms with Crippen LogP contribution in [0.3, 0.4) is 0 Å². The van der Waals surface area contributed by atoms with Crippen molar-refractivity contribution < 1.29 is 24.2 Å². The van der Waals surface area contributed by atoms with E-state index in [-0.39, 0.29) is 31.6 Å². The molecule has 10 nitrogen and oxygen atoms in total. The molecule has 11 heteroatoms. The summed E-state index contributed by atoms with van der Waals surface area (Å²) in [7, 11) is 0. The first-order chi connectivity index (χ1) is 15.9. The quantitative estimate of drug-likeness (QED) is 0.372. The van der Waals surface area contributed by atoms with Gasteiger partial charge in [-0.15, -0.1) is 0 Å². The second-order valence-corrected chi connectivity index (χ2v) is 7.48. The van der Waals surface area contributed by atoms with E-state index in [9.17, 15) is 9.59 Å². The van der Waals surface area contributed by atoms with Crippen molar-refractivity contribution >= 4 is 29.2 Å². The molecule has 180 valence electrons. The standard InChI is InChI=1S/C18H17ClN2O5.C4H13N3/c1-11(13-4-2-3-6-20-13)26-15-9-16-14(8-12(15)19)21(7-5-18(23)24)17(22)10-25-16;5-1-3-7-4-2-6/h2-4,6,8-9,11H,5,7,10H2,1H3,(H,23,24);7H,1-6H2/t11-;/m1./s1. The minimum atomic E-state index is -0.985. The van der Waals surface area contributed by atoms with E-state index >= 15 is 0 Å². The zero-order chi connectivity index (χ0) is 24.2. The van der Waals surface area contributed by atoms with Crippen molar-refractivity contribution in [2.45, 2.75) is 19.4 Å². The lowest BCUT2D eigenvalue weighted by molar-refractivity contribution is -0.136. The maximum absolute atomic E-state index is 12.1. The van der Waals surface area contributed by atoms with E-state index in [1.807, 2.05) is 25.1 Å². The van der Waals surface area contributed by atoms with Crippen molar-refractivity contribution in [2.24, 2.45) is 11.5 Å². The molecule has 0 saturated heterocycles. The minimum absolute atomic E-state index is 0.0470. The third-order valence-corrected chi connectivity index (χ3v) is 4.85. The predicted molar refractivity (Wildman–Crippen MR) is 126 cm³/mol. The van der Waals surface area contributed by atoms with Gasteiger partial charge in [0.05, 0.1) is 22.8 Å². The van der Waals surface area contributed by atoms with Crippen molar-refractivity contribution in [1.82, 2.24) is 10.3 Å². The lowest BCUT2D eigenvalue weighted by Crippen LogP contribution is -2.40. The zero-order valence-electron chi connectivity index (χ0n) is 18.5. The summed E-state index contributed by atoms with van der Waals surface area (Å²) >= 11 is 6.31. The molecule has 6 N–H and O–H groups in total. The Balaban J connectivity index is 0.000000479. The van der Waals surface area contributed by atoms with Crippen molar-refractivity contribution in [3.63, 3.8) is 0 Å². The van der Waals surface area contributed by atoms with E-state index < -0.39 is 5.97 Å². The van der Waals surface area contributed by atoms with Gasteiger partial charge < -0.3 is 36.3 Å². The maximum atomic E-state index is 12.1. The number of amides is 1. The highest BCUT2D eigenvalue weighted by molar-refractivity contribution is 6.32. The molecular formula is C22H30ClN5O5. The Morgan fingerprint density at radius 2 is 2.06 bits per heavy atom. The van der Waals surface area contributed by atoms with Crippen LogP contribution in [0.25, 0.3) is 0 Å². The number of pyridine rings is 1. The molecule has 33 heavy (non-hydrogen) atoms. The van der Waals surface area contributed by atoms with Gasteiger partial charge in [-0.3, -0.25) is 14.6 Å². The lowest BCUT2D eigenvalue weighted by atomic mass is 10.2. The van der Waals surface area contributed by atoms with Crippen LogP contribution in [0.2, 0.25) is 5.02 Å². The number of ether oxygens (including phenoxy) is 2. The fourth-order valence-corrected chi connectivity index (χ4v) is 3.14. The van der Waals surface area contributed by atoms with Crippen LogP contribution >= 0.6 is 11.6 Å². The molecule has 1 aliphatic rings. The van der Waals surface area contributed by atoms with Crippen LogP contribution < -0.4 is 31.2 Å². The van der Waals surface area contributed by atoms with Gasteiger partial charge in [0.15, 0.2) is 6.61 Å². The first-order valence-corrected chi connectivity index (χ1v) is 10.9. The molecule has 0 spiro atoms. The largest absolute Gasteiger partial charge is 0.483 e. The third-order valence-electron chi connectivity index (χ3n) is 4.56. The number of hydrogen-bond acceptors (Lipinski definition) is 8. The molecule has 1 aromatic heterocycles. The van der Waals surface area contributed by atoms with E-state index in [4.69, 9.17) is 37.6 Å². The summed E-state index contributed by atoms with van der Waals surface area (Å²) in [6, 6.07) is 8.69. The minimum Gasteiger partial charge on any atom is -0.483 e. The highest BCUT2D eigenvalue weighted by Crippen LogP contribution is 2.41. The van der Waals surface area contributed by atoms with Gasteiger partial charge in [-0.25, -0.2) is 0 Å². The van der Waals surface area contributed by atoms with E-state index in [1.54, 1.807) is 18.3 Å². The molecule has 0 aliphatic carbocycles. The van der Waals surface area contributed by atoms with Gasteiger partial charge in [-0.05, 0) is 25.1 Å². The second kappa shape index (κ2) is 13.6. The maximum Gasteiger partial charge on any atom is 0.305 e. The number of nitrogens with one attached hydrogen (secondary N) is 1. The molecule has 1 aromatic carbocycles. The normalized spacial score (nSPS) is 13.3. The fourth-order valence-electron chi connectivity index (χ4n) is 2.94. The summed E-state index contributed by atoms with van der Waals surface area (Å²) in [5, 5.41) is 12.2. The molecule has 0 unspecified atom stereocenters. The number of carbonyl (C=O) groups is 2. The number of nitrogens with zero attached hydrogens (tertiary/aromatic N) is 2. The van der Waals surface area contributed by atoms with Crippen LogP contribution in [0.15, 0.2) is 36.5 Å². The number of aromatic nitrogens is 1. The molecule has 1 amide bonds. The predicted octanol–water partition coefficient (Wildman–Crippen LogP) is 1.57. The van der Waals surface area contributed by atoms with E-state index in [1.165, 1.54) is 4.90 Å². The van der Waals surface area contributed by atoms with Crippen LogP contribution in [-0.2, 0) is 9.59 Å². The number of carboxylic acids is 1. The molecule has 0 fully saturated rings. The first-order valence-electron chi connectivity index (χ1n) is 10.5. The summed E-state index contributed by atoms with van der Waals surface area (Å²) in [4.78, 5) is 28.5. The van der Waals surface area contributed by atoms with Crippen molar-refractivity contribution in [1.29, 1.82) is 0 Å². The van der Waals surface area contributed by atoms with Gasteiger partial charge in [0, 0.05) is 45.0 Å². The number of aliphatic carboxylic acids is 1. The smallest absolute Gasteiger partial charge is 0.305 e. The third kappa shape index (κ3) is 8.17. The number of anilines is 1. The molecule has 0 radical (unpaired) electrons. The lowest BCUT2D eigenvalue weighted by Gasteiger charge is -2.30. The van der Waals surface area contributed by atoms with Crippen molar-refractivity contribution in [3.8, 4) is 11.5 Å². The van der Waals surface area contributed by atoms with E-state index in [0.29, 0.717) is 35.3 Å². The van der Waals surface area contributed by atoms with E-state index in [0.717, 1.165) is 18.8 Å². The van der Waals surface area contributed by atoms with Crippen LogP contribution in [0.4, 0.5) is 5.69 Å². The highest BCUT2D eigenvalue weighted by atomic mass is 35.5. The Hall–Kier alpha value is -2.92. The first kappa shape index (κ1) is 26.3. The number of benzene rings is 1. The number of carbonyl (C=O) groups excluding carboxylic acids is 1. The van der Waals surface area contributed by atoms with Gasteiger partial charge in [-0.1, -0.05) is 17.7 Å². The van der Waals surface area contributed by atoms with Gasteiger partial charge in [-0.2, -0.15) is 0 Å². The number of nitrogens with two attached hydrogens (primary N) is 2. The summed E-state index contributed by atoms with van der Waals surface area (Å²) in [5.74, 6) is -0.481. The Morgan fingerprint density at radius 3 is 2.67 bits per heavy atom. The Kier molecular flexibility index (Phi) is 10.8. The Bertz CT molecular complexity index is 912. The average Bonchev–Trinajstić information content (AvgIpc) is 2.80. The zero-order valence-corrected chi connectivity index (χ0v) is 19.3. The number of carboxylic acid groups (broad SMARTS) is 1. The molecule has 1 aliphatic heterocycles. The van der Waals surface area contributed by atoms with Crippen LogP contribution in [0.5, 0.6) is 11.5 Å². The average molecular weight is 480 g/mol. The van der Waals surface area contributed by atoms with Crippen LogP contribution in [0, 0.1) is 0 Å². The summed E-state index contributed by atoms with van der Waals surface area (Å²) in [6.07, 6.45) is 1.18. The number of fused-ring (bicyclic) bond motifs is 1. The molecule has 2 aromatic rings. The van der Waals surface area contributed by atoms with Gasteiger partial charge >= 0.3 is 5.97 Å². The van der Waals surface area contributed by atoms with Crippen LogP contribution in [-0.4, -0.2) is 61.3 Å². The van der Waals surface area contributed by atoms with Gasteiger partial charge in [0.1, 0.15) is 17.6 Å². The number of halogens is 1. The number of hydrogen-bond donors (Lipinski definition) is 4. The van der Waals surface area contributed by atoms with Crippen molar-refractivity contribution in [2.75, 3.05) is 44.2 Å². The Labute approximate surface area is 197 Å². The van der Waals surface area contributed by atoms with Gasteiger partial charge in [0.25, 0.3) is 5.91 Å². The molecular weight excluding hydrogens is 450 g/mol. The molecule has 0 bridgehead atoms. The van der Waals surface area contributed by atoms with Gasteiger partial charge in [0.2, 0.25) is 0 Å². The van der Waals surface area contributed by atoms with Crippen molar-refractivity contribution in [3.05, 3.63) is 47.2 Å². The molecule has 3 rings (SSSR count). The summed E-state index contributed by atoms with van der Waals surface area (Å²) in [6.45, 7) is 4.87. The summed E-state index contributed by atoms with van der Waals surface area (Å²) in [5.41, 5.74) is 11.5. The molecule has 1 atom stereocenters. The number of rotatable bonds is 10. The highest BCUT2D eigenvalue weighted by Gasteiger charge is 2.28.